The zero-order valence-corrected chi connectivity index (χ0v) is 12.5. The molecule has 0 saturated heterocycles. The third-order valence-electron chi connectivity index (χ3n) is 3.46. The normalized spacial score (nSPS) is 11.2. The molecule has 4 heteroatoms. The third-order valence-corrected chi connectivity index (χ3v) is 3.46. The van der Waals surface area contributed by atoms with Gasteiger partial charge < -0.3 is 0 Å². The molecule has 3 nitrogen and oxygen atoms in total. The third kappa shape index (κ3) is 2.96. The van der Waals surface area contributed by atoms with Gasteiger partial charge in [-0.2, -0.15) is 5.10 Å². The first-order valence-corrected chi connectivity index (χ1v) is 7.05. The molecule has 0 aliphatic heterocycles. The maximum Gasteiger partial charge on any atom is 0.147 e. The molecule has 0 saturated carbocycles. The number of hydrogen-bond acceptors (Lipinski definition) is 3. The summed E-state index contributed by atoms with van der Waals surface area (Å²) < 4.78 is 13.5. The fourth-order valence-electron chi connectivity index (χ4n) is 2.31. The highest BCUT2D eigenvalue weighted by Crippen LogP contribution is 2.21. The Bertz CT molecular complexity index is 856. The predicted molar refractivity (Wildman–Crippen MR) is 88.8 cm³/mol. The number of nitrogens with one attached hydrogen (secondary N) is 1. The van der Waals surface area contributed by atoms with Crippen LogP contribution < -0.4 is 5.43 Å². The van der Waals surface area contributed by atoms with Crippen LogP contribution in [-0.4, -0.2) is 11.2 Å². The molecule has 2 aromatic carbocycles. The van der Waals surface area contributed by atoms with E-state index in [-0.39, 0.29) is 5.82 Å². The molecule has 110 valence electrons. The van der Waals surface area contributed by atoms with Gasteiger partial charge in [0, 0.05) is 10.9 Å². The molecular formula is C18H16FN3. The Morgan fingerprint density at radius 1 is 1.09 bits per heavy atom. The number of anilines is 1. The molecule has 0 radical (unpaired) electrons. The van der Waals surface area contributed by atoms with E-state index in [2.05, 4.69) is 28.5 Å². The first-order chi connectivity index (χ1) is 10.6. The first-order valence-electron chi connectivity index (χ1n) is 7.05. The molecule has 0 bridgehead atoms. The summed E-state index contributed by atoms with van der Waals surface area (Å²) in [5, 5.41) is 5.19. The van der Waals surface area contributed by atoms with Crippen molar-refractivity contribution in [2.45, 2.75) is 13.8 Å². The molecule has 0 fully saturated rings. The van der Waals surface area contributed by atoms with Gasteiger partial charge in [0.25, 0.3) is 0 Å². The number of pyridine rings is 1. The lowest BCUT2D eigenvalue weighted by Crippen LogP contribution is -1.96. The van der Waals surface area contributed by atoms with Crippen molar-refractivity contribution >= 4 is 22.9 Å². The van der Waals surface area contributed by atoms with E-state index in [9.17, 15) is 4.39 Å². The number of aromatic nitrogens is 1. The van der Waals surface area contributed by atoms with Crippen molar-refractivity contribution in [1.29, 1.82) is 0 Å². The van der Waals surface area contributed by atoms with E-state index in [0.717, 1.165) is 16.5 Å². The van der Waals surface area contributed by atoms with Crippen LogP contribution >= 0.6 is 0 Å². The summed E-state index contributed by atoms with van der Waals surface area (Å²) in [6, 6.07) is 14.6. The average molecular weight is 293 g/mol. The van der Waals surface area contributed by atoms with E-state index in [1.165, 1.54) is 17.8 Å². The molecule has 22 heavy (non-hydrogen) atoms. The lowest BCUT2D eigenvalue weighted by molar-refractivity contribution is 0.626. The lowest BCUT2D eigenvalue weighted by Gasteiger charge is -2.06. The maximum absolute atomic E-state index is 13.5. The second kappa shape index (κ2) is 5.93. The Labute approximate surface area is 128 Å². The van der Waals surface area contributed by atoms with Crippen LogP contribution in [0.4, 0.5) is 10.2 Å². The van der Waals surface area contributed by atoms with Crippen molar-refractivity contribution in [3.8, 4) is 0 Å². The number of hydrazone groups is 1. The molecular weight excluding hydrogens is 277 g/mol. The Kier molecular flexibility index (Phi) is 3.83. The summed E-state index contributed by atoms with van der Waals surface area (Å²) in [6.07, 6.45) is 1.45. The Balaban J connectivity index is 1.85. The van der Waals surface area contributed by atoms with E-state index in [1.807, 2.05) is 25.1 Å². The molecule has 0 unspecified atom stereocenters. The van der Waals surface area contributed by atoms with Gasteiger partial charge in [0.15, 0.2) is 0 Å². The monoisotopic (exact) mass is 293 g/mol. The number of benzene rings is 2. The number of halogens is 1. The fraction of sp³-hybridized carbons (Fsp3) is 0.111. The van der Waals surface area contributed by atoms with Crippen molar-refractivity contribution in [2.75, 3.05) is 5.43 Å². The minimum Gasteiger partial charge on any atom is -0.261 e. The minimum absolute atomic E-state index is 0.300. The quantitative estimate of drug-likeness (QED) is 0.572. The zero-order chi connectivity index (χ0) is 15.5. The summed E-state index contributed by atoms with van der Waals surface area (Å²) in [7, 11) is 0. The highest BCUT2D eigenvalue weighted by Gasteiger charge is 2.02. The summed E-state index contributed by atoms with van der Waals surface area (Å²) in [5.74, 6) is 0.340. The molecule has 1 N–H and O–H groups in total. The summed E-state index contributed by atoms with van der Waals surface area (Å²) in [5.41, 5.74) is 6.53. The van der Waals surface area contributed by atoms with Gasteiger partial charge >= 0.3 is 0 Å². The predicted octanol–water partition coefficient (Wildman–Crippen LogP) is 4.44. The standard InChI is InChI=1S/C18H16FN3/c1-12-7-8-17-15(9-12)13(2)10-18(21-17)22-20-11-14-5-3-4-6-16(14)19/h3-11H,1-2H3,(H,21,22)/b20-11+. The molecule has 0 amide bonds. The molecule has 3 rings (SSSR count). The lowest BCUT2D eigenvalue weighted by atomic mass is 10.1. The summed E-state index contributed by atoms with van der Waals surface area (Å²) >= 11 is 0. The van der Waals surface area contributed by atoms with E-state index in [4.69, 9.17) is 0 Å². The first kappa shape index (κ1) is 14.2. The van der Waals surface area contributed by atoms with Gasteiger partial charge in [0.1, 0.15) is 11.6 Å². The molecule has 0 spiro atoms. The molecule has 3 aromatic rings. The van der Waals surface area contributed by atoms with Crippen molar-refractivity contribution in [1.82, 2.24) is 4.98 Å². The topological polar surface area (TPSA) is 37.3 Å². The second-order valence-electron chi connectivity index (χ2n) is 5.24. The SMILES string of the molecule is Cc1ccc2nc(N/N=C/c3ccccc3F)cc(C)c2c1. The molecule has 1 heterocycles. The van der Waals surface area contributed by atoms with Gasteiger partial charge in [0.05, 0.1) is 11.7 Å². The second-order valence-corrected chi connectivity index (χ2v) is 5.24. The molecule has 0 atom stereocenters. The van der Waals surface area contributed by atoms with E-state index >= 15 is 0 Å². The Hall–Kier alpha value is -2.75. The summed E-state index contributed by atoms with van der Waals surface area (Å²) in [4.78, 5) is 4.51. The van der Waals surface area contributed by atoms with Crippen molar-refractivity contribution in [2.24, 2.45) is 5.10 Å². The molecule has 0 aliphatic rings. The van der Waals surface area contributed by atoms with Crippen LogP contribution in [0.5, 0.6) is 0 Å². The average Bonchev–Trinajstić information content (AvgIpc) is 2.50. The van der Waals surface area contributed by atoms with Gasteiger partial charge in [-0.05, 0) is 43.7 Å². The van der Waals surface area contributed by atoms with Crippen LogP contribution in [0, 0.1) is 19.7 Å². The van der Waals surface area contributed by atoms with Crippen LogP contribution in [0.25, 0.3) is 10.9 Å². The fourth-order valence-corrected chi connectivity index (χ4v) is 2.31. The van der Waals surface area contributed by atoms with Crippen LogP contribution in [0.3, 0.4) is 0 Å². The Morgan fingerprint density at radius 3 is 2.73 bits per heavy atom. The maximum atomic E-state index is 13.5. The smallest absolute Gasteiger partial charge is 0.147 e. The van der Waals surface area contributed by atoms with Gasteiger partial charge in [-0.3, -0.25) is 5.43 Å². The number of nitrogens with zero attached hydrogens (tertiary/aromatic N) is 2. The number of hydrogen-bond donors (Lipinski definition) is 1. The number of aryl methyl sites for hydroxylation is 2. The van der Waals surface area contributed by atoms with Crippen molar-refractivity contribution in [3.05, 3.63) is 71.0 Å². The van der Waals surface area contributed by atoms with Crippen LogP contribution in [0.2, 0.25) is 0 Å². The largest absolute Gasteiger partial charge is 0.261 e. The van der Waals surface area contributed by atoms with E-state index in [1.54, 1.807) is 18.2 Å². The number of fused-ring (bicyclic) bond motifs is 1. The van der Waals surface area contributed by atoms with E-state index in [0.29, 0.717) is 11.4 Å². The molecule has 1 aromatic heterocycles. The van der Waals surface area contributed by atoms with Gasteiger partial charge in [-0.25, -0.2) is 9.37 Å². The highest BCUT2D eigenvalue weighted by molar-refractivity contribution is 5.85. The summed E-state index contributed by atoms with van der Waals surface area (Å²) in [6.45, 7) is 4.10. The highest BCUT2D eigenvalue weighted by atomic mass is 19.1. The van der Waals surface area contributed by atoms with Gasteiger partial charge in [0.2, 0.25) is 0 Å². The van der Waals surface area contributed by atoms with Crippen molar-refractivity contribution < 1.29 is 4.39 Å². The van der Waals surface area contributed by atoms with Crippen LogP contribution in [0.15, 0.2) is 53.6 Å². The van der Waals surface area contributed by atoms with E-state index < -0.39 is 0 Å². The van der Waals surface area contributed by atoms with Gasteiger partial charge in [-0.1, -0.05) is 29.8 Å². The van der Waals surface area contributed by atoms with Gasteiger partial charge in [-0.15, -0.1) is 0 Å². The number of rotatable bonds is 3. The minimum atomic E-state index is -0.300. The zero-order valence-electron chi connectivity index (χ0n) is 12.5. The Morgan fingerprint density at radius 2 is 1.91 bits per heavy atom. The molecule has 0 aliphatic carbocycles. The van der Waals surface area contributed by atoms with Crippen molar-refractivity contribution in [3.63, 3.8) is 0 Å². The van der Waals surface area contributed by atoms with Crippen LogP contribution in [-0.2, 0) is 0 Å². The van der Waals surface area contributed by atoms with Crippen LogP contribution in [0.1, 0.15) is 16.7 Å².